The molecule has 0 radical (unpaired) electrons. The second-order valence-electron chi connectivity index (χ2n) is 15.6. The number of ether oxygens (including phenoxy) is 3. The summed E-state index contributed by atoms with van der Waals surface area (Å²) in [6, 6.07) is 1.28. The maximum atomic E-state index is 14.2. The zero-order chi connectivity index (χ0) is 39.0. The molecule has 14 heteroatoms. The maximum Gasteiger partial charge on any atom is 0.329 e. The summed E-state index contributed by atoms with van der Waals surface area (Å²) in [5.41, 5.74) is 3.73. The van der Waals surface area contributed by atoms with E-state index in [9.17, 15) is 28.4 Å². The van der Waals surface area contributed by atoms with E-state index >= 15 is 0 Å². The molecule has 3 amide bonds. The van der Waals surface area contributed by atoms with Gasteiger partial charge in [-0.1, -0.05) is 24.1 Å². The SMILES string of the molecule is CC(C)(C)OC(=O)CC[C@H](NC(=O)N[C@@H](CCCCN(Cc1ccc(Cl)c(F)c1)C(=O)CCCCCN)C(=O)OC(C)(C)C)C(=O)OC(C)(C)C. The Morgan fingerprint density at radius 1 is 0.765 bits per heavy atom. The molecule has 4 N–H and O–H groups in total. The monoisotopic (exact) mass is 742 g/mol. The molecule has 0 aromatic heterocycles. The number of carbonyl (C=O) groups excluding carboxylic acids is 5. The van der Waals surface area contributed by atoms with Crippen LogP contribution in [0.2, 0.25) is 5.02 Å². The number of nitrogens with zero attached hydrogens (tertiary/aromatic N) is 1. The van der Waals surface area contributed by atoms with Gasteiger partial charge in [0.25, 0.3) is 0 Å². The number of hydrogen-bond acceptors (Lipinski definition) is 9. The first-order chi connectivity index (χ1) is 23.5. The Morgan fingerprint density at radius 3 is 1.82 bits per heavy atom. The van der Waals surface area contributed by atoms with Crippen LogP contribution in [0.25, 0.3) is 0 Å². The highest BCUT2D eigenvalue weighted by Crippen LogP contribution is 2.19. The third-order valence-corrected chi connectivity index (χ3v) is 7.33. The van der Waals surface area contributed by atoms with Crippen molar-refractivity contribution in [3.8, 4) is 0 Å². The molecule has 12 nitrogen and oxygen atoms in total. The van der Waals surface area contributed by atoms with Gasteiger partial charge in [0.15, 0.2) is 0 Å². The molecule has 290 valence electrons. The third-order valence-electron chi connectivity index (χ3n) is 7.03. The van der Waals surface area contributed by atoms with Crippen molar-refractivity contribution in [2.45, 2.75) is 156 Å². The van der Waals surface area contributed by atoms with Crippen molar-refractivity contribution in [1.82, 2.24) is 15.5 Å². The fourth-order valence-corrected chi connectivity index (χ4v) is 4.93. The Bertz CT molecular complexity index is 1310. The van der Waals surface area contributed by atoms with Gasteiger partial charge in [-0.15, -0.1) is 0 Å². The summed E-state index contributed by atoms with van der Waals surface area (Å²) >= 11 is 5.85. The van der Waals surface area contributed by atoms with Gasteiger partial charge < -0.3 is 35.5 Å². The van der Waals surface area contributed by atoms with E-state index in [2.05, 4.69) is 10.6 Å². The number of hydrogen-bond donors (Lipinski definition) is 3. The topological polar surface area (TPSA) is 166 Å². The lowest BCUT2D eigenvalue weighted by Crippen LogP contribution is -2.53. The zero-order valence-electron chi connectivity index (χ0n) is 31.9. The van der Waals surface area contributed by atoms with E-state index in [1.165, 1.54) is 12.1 Å². The summed E-state index contributed by atoms with van der Waals surface area (Å²) in [6.45, 7) is 16.3. The van der Waals surface area contributed by atoms with Crippen LogP contribution in [0.15, 0.2) is 18.2 Å². The van der Waals surface area contributed by atoms with Gasteiger partial charge in [0, 0.05) is 25.9 Å². The molecule has 1 rings (SSSR count). The molecule has 1 aromatic rings. The second-order valence-corrected chi connectivity index (χ2v) is 16.0. The summed E-state index contributed by atoms with van der Waals surface area (Å²) in [7, 11) is 0. The quantitative estimate of drug-likeness (QED) is 0.0833. The number of esters is 3. The van der Waals surface area contributed by atoms with Gasteiger partial charge in [-0.3, -0.25) is 9.59 Å². The van der Waals surface area contributed by atoms with Crippen molar-refractivity contribution < 1.29 is 42.6 Å². The van der Waals surface area contributed by atoms with Crippen LogP contribution in [0.1, 0.15) is 126 Å². The molecule has 0 aliphatic heterocycles. The van der Waals surface area contributed by atoms with Gasteiger partial charge >= 0.3 is 23.9 Å². The van der Waals surface area contributed by atoms with Crippen molar-refractivity contribution in [3.05, 3.63) is 34.6 Å². The molecule has 51 heavy (non-hydrogen) atoms. The summed E-state index contributed by atoms with van der Waals surface area (Å²) in [5.74, 6) is -2.64. The molecule has 0 aliphatic rings. The van der Waals surface area contributed by atoms with Crippen LogP contribution in [-0.2, 0) is 39.9 Å². The van der Waals surface area contributed by atoms with Crippen LogP contribution >= 0.6 is 11.6 Å². The van der Waals surface area contributed by atoms with Crippen LogP contribution < -0.4 is 16.4 Å². The number of amides is 3. The average molecular weight is 743 g/mol. The highest BCUT2D eigenvalue weighted by Gasteiger charge is 2.31. The summed E-state index contributed by atoms with van der Waals surface area (Å²) in [5, 5.41) is 5.16. The molecule has 0 spiro atoms. The first-order valence-electron chi connectivity index (χ1n) is 17.7. The molecule has 0 saturated heterocycles. The molecule has 1 aromatic carbocycles. The van der Waals surface area contributed by atoms with Gasteiger partial charge in [0.1, 0.15) is 34.7 Å². The molecular formula is C37H60ClFN4O8. The Hall–Kier alpha value is -3.45. The second kappa shape index (κ2) is 21.2. The number of nitrogens with one attached hydrogen (secondary N) is 2. The van der Waals surface area contributed by atoms with Crippen LogP contribution in [0.4, 0.5) is 9.18 Å². The predicted octanol–water partition coefficient (Wildman–Crippen LogP) is 6.34. The predicted molar refractivity (Wildman–Crippen MR) is 194 cm³/mol. The average Bonchev–Trinajstić information content (AvgIpc) is 2.97. The van der Waals surface area contributed by atoms with Crippen LogP contribution in [0.3, 0.4) is 0 Å². The summed E-state index contributed by atoms with van der Waals surface area (Å²) in [6.07, 6.45) is 3.37. The molecule has 0 bridgehead atoms. The standard InChI is InChI=1S/C37H60ClFN4O8/c1-35(2,3)49-31(45)20-19-29(33(47)51-37(7,8)9)42-34(48)41-28(32(46)50-36(4,5)6)15-12-14-22-43(30(44)16-11-10-13-21-40)24-25-17-18-26(38)27(39)23-25/h17-18,23,28-29H,10-16,19-22,24,40H2,1-9H3,(H2,41,42,48)/t28-,29-/m0/s1. The van der Waals surface area contributed by atoms with Gasteiger partial charge in [-0.2, -0.15) is 0 Å². The molecule has 0 aliphatic carbocycles. The van der Waals surface area contributed by atoms with Gasteiger partial charge in [0.2, 0.25) is 5.91 Å². The van der Waals surface area contributed by atoms with E-state index in [4.69, 9.17) is 31.5 Å². The van der Waals surface area contributed by atoms with Crippen molar-refractivity contribution in [3.63, 3.8) is 0 Å². The molecule has 0 saturated carbocycles. The van der Waals surface area contributed by atoms with E-state index < -0.39 is 58.6 Å². The number of unbranched alkanes of at least 4 members (excludes halogenated alkanes) is 3. The lowest BCUT2D eigenvalue weighted by atomic mass is 10.1. The van der Waals surface area contributed by atoms with Gasteiger partial charge in [0.05, 0.1) is 5.02 Å². The van der Waals surface area contributed by atoms with Crippen LogP contribution in [-0.4, -0.2) is 76.7 Å². The highest BCUT2D eigenvalue weighted by molar-refractivity contribution is 6.30. The van der Waals surface area contributed by atoms with Crippen LogP contribution in [0, 0.1) is 5.82 Å². The van der Waals surface area contributed by atoms with Crippen molar-refractivity contribution in [2.24, 2.45) is 5.73 Å². The van der Waals surface area contributed by atoms with Crippen molar-refractivity contribution in [1.29, 1.82) is 0 Å². The minimum atomic E-state index is -1.21. The molecular weight excluding hydrogens is 683 g/mol. The number of carbonyl (C=O) groups is 5. The lowest BCUT2D eigenvalue weighted by molar-refractivity contribution is -0.159. The van der Waals surface area contributed by atoms with E-state index in [1.807, 2.05) is 0 Å². The highest BCUT2D eigenvalue weighted by atomic mass is 35.5. The zero-order valence-corrected chi connectivity index (χ0v) is 32.7. The lowest BCUT2D eigenvalue weighted by Gasteiger charge is -2.27. The third kappa shape index (κ3) is 20.9. The van der Waals surface area contributed by atoms with Gasteiger partial charge in [-0.25, -0.2) is 18.8 Å². The van der Waals surface area contributed by atoms with E-state index in [0.717, 1.165) is 12.8 Å². The van der Waals surface area contributed by atoms with Crippen LogP contribution in [0.5, 0.6) is 0 Å². The minimum Gasteiger partial charge on any atom is -0.460 e. The minimum absolute atomic E-state index is 0.0106. The Kier molecular flexibility index (Phi) is 18.9. The molecule has 0 fully saturated rings. The van der Waals surface area contributed by atoms with Gasteiger partial charge in [-0.05, 0) is 125 Å². The van der Waals surface area contributed by atoms with E-state index in [0.29, 0.717) is 44.3 Å². The Morgan fingerprint density at radius 2 is 1.31 bits per heavy atom. The largest absolute Gasteiger partial charge is 0.460 e. The molecule has 0 unspecified atom stereocenters. The fraction of sp³-hybridized carbons (Fsp3) is 0.703. The molecule has 2 atom stereocenters. The fourth-order valence-electron chi connectivity index (χ4n) is 4.81. The maximum absolute atomic E-state index is 14.2. The van der Waals surface area contributed by atoms with E-state index in [-0.39, 0.29) is 36.7 Å². The van der Waals surface area contributed by atoms with Crippen molar-refractivity contribution in [2.75, 3.05) is 13.1 Å². The number of rotatable bonds is 19. The first kappa shape index (κ1) is 45.6. The number of nitrogens with two attached hydrogens (primary N) is 1. The summed E-state index contributed by atoms with van der Waals surface area (Å²) in [4.78, 5) is 66.7. The molecule has 0 heterocycles. The first-order valence-corrected chi connectivity index (χ1v) is 18.0. The van der Waals surface area contributed by atoms with E-state index in [1.54, 1.807) is 73.3 Å². The Balaban J connectivity index is 3.06. The Labute approximate surface area is 308 Å². The number of benzene rings is 1. The normalized spacial score (nSPS) is 13.1. The van der Waals surface area contributed by atoms with Crippen molar-refractivity contribution >= 4 is 41.4 Å². The number of halogens is 2. The number of urea groups is 1. The smallest absolute Gasteiger partial charge is 0.329 e. The summed E-state index contributed by atoms with van der Waals surface area (Å²) < 4.78 is 30.6.